The van der Waals surface area contributed by atoms with Gasteiger partial charge in [0.25, 0.3) is 0 Å². The quantitative estimate of drug-likeness (QED) is 0.589. The van der Waals surface area contributed by atoms with Crippen LogP contribution in [-0.4, -0.2) is 22.3 Å². The highest BCUT2D eigenvalue weighted by molar-refractivity contribution is 7.12. The molecule has 0 aliphatic heterocycles. The van der Waals surface area contributed by atoms with E-state index in [1.54, 1.807) is 13.0 Å². The first kappa shape index (κ1) is 19.5. The normalized spacial score (nSPS) is 20.2. The molecule has 9 heteroatoms. The Morgan fingerprint density at radius 2 is 1.44 bits per heavy atom. The maximum Gasteiger partial charge on any atom is 0.380 e. The van der Waals surface area contributed by atoms with E-state index in [1.807, 2.05) is 0 Å². The predicted octanol–water partition coefficient (Wildman–Crippen LogP) is 5.71. The predicted molar refractivity (Wildman–Crippen MR) is 90.3 cm³/mol. The van der Waals surface area contributed by atoms with Crippen LogP contribution in [0.3, 0.4) is 0 Å². The zero-order valence-corrected chi connectivity index (χ0v) is 15.5. The molecular weight excluding hydrogens is 390 g/mol. The Hall–Kier alpha value is -2.21. The van der Waals surface area contributed by atoms with Crippen molar-refractivity contribution >= 4 is 22.5 Å². The number of aromatic nitrogens is 1. The second-order valence-corrected chi connectivity index (χ2v) is 7.96. The molecule has 0 N–H and O–H groups in total. The molecule has 2 heterocycles. The minimum Gasteiger partial charge on any atom is -0.339 e. The molecule has 0 unspecified atom stereocenters. The lowest BCUT2D eigenvalue weighted by molar-refractivity contribution is -0.254. The lowest BCUT2D eigenvalue weighted by Crippen LogP contribution is -2.48. The van der Waals surface area contributed by atoms with Crippen molar-refractivity contribution < 1.29 is 26.3 Å². The van der Waals surface area contributed by atoms with E-state index in [4.69, 9.17) is 5.26 Å². The van der Waals surface area contributed by atoms with Gasteiger partial charge in [0, 0.05) is 39.2 Å². The van der Waals surface area contributed by atoms with Crippen LogP contribution >= 0.6 is 11.3 Å². The van der Waals surface area contributed by atoms with Crippen LogP contribution in [0.25, 0.3) is 11.1 Å². The molecule has 3 rings (SSSR count). The van der Waals surface area contributed by atoms with Gasteiger partial charge in [-0.25, -0.2) is 0 Å². The average molecular weight is 404 g/mol. The molecule has 0 radical (unpaired) electrons. The molecule has 0 saturated heterocycles. The van der Waals surface area contributed by atoms with Gasteiger partial charge in [-0.1, -0.05) is 0 Å². The zero-order chi connectivity index (χ0) is 20.5. The first-order valence-corrected chi connectivity index (χ1v) is 8.63. The van der Waals surface area contributed by atoms with E-state index < -0.39 is 34.5 Å². The van der Waals surface area contributed by atoms with E-state index in [1.165, 1.54) is 31.5 Å². The van der Waals surface area contributed by atoms with Gasteiger partial charge in [-0.3, -0.25) is 0 Å². The summed E-state index contributed by atoms with van der Waals surface area (Å²) >= 11 is 1.06. The van der Waals surface area contributed by atoms with Gasteiger partial charge < -0.3 is 4.57 Å². The van der Waals surface area contributed by atoms with Crippen LogP contribution in [0.1, 0.15) is 32.3 Å². The summed E-state index contributed by atoms with van der Waals surface area (Å²) in [4.78, 5) is 0.772. The highest BCUT2D eigenvalue weighted by atomic mass is 32.1. The van der Waals surface area contributed by atoms with E-state index >= 15 is 0 Å². The number of halogens is 6. The maximum atomic E-state index is 14.7. The van der Waals surface area contributed by atoms with Crippen LogP contribution in [0.2, 0.25) is 0 Å². The molecule has 0 saturated carbocycles. The highest BCUT2D eigenvalue weighted by Gasteiger charge is 2.80. The van der Waals surface area contributed by atoms with Gasteiger partial charge in [0.15, 0.2) is 0 Å². The molecule has 0 amide bonds. The number of alkyl halides is 6. The molecular formula is C18H14F6N2S. The summed E-state index contributed by atoms with van der Waals surface area (Å²) in [5.74, 6) is -15.8. The average Bonchev–Trinajstić information content (AvgIpc) is 3.06. The smallest absolute Gasteiger partial charge is 0.339 e. The molecule has 27 heavy (non-hydrogen) atoms. The molecule has 1 aliphatic carbocycles. The van der Waals surface area contributed by atoms with Crippen LogP contribution in [-0.2, 0) is 7.05 Å². The standard InChI is InChI=1S/C18H14F6N2S/c1-8-5-13(10(3)27-8)15-14(12-6-11(7-25)26(4)9(12)2)16(19,20)18(23,24)17(15,21)22/h5-6H,1-4H3. The van der Waals surface area contributed by atoms with Gasteiger partial charge in [0.1, 0.15) is 11.8 Å². The molecule has 1 aliphatic rings. The van der Waals surface area contributed by atoms with Crippen molar-refractivity contribution in [3.05, 3.63) is 44.4 Å². The van der Waals surface area contributed by atoms with Crippen molar-refractivity contribution in [2.24, 2.45) is 7.05 Å². The van der Waals surface area contributed by atoms with Gasteiger partial charge in [-0.2, -0.15) is 31.6 Å². The van der Waals surface area contributed by atoms with Crippen molar-refractivity contribution in [3.8, 4) is 6.07 Å². The van der Waals surface area contributed by atoms with E-state index in [-0.39, 0.29) is 21.8 Å². The van der Waals surface area contributed by atoms with Crippen LogP contribution in [0.4, 0.5) is 26.3 Å². The Balaban J connectivity index is 2.49. The number of aryl methyl sites for hydroxylation is 2. The third kappa shape index (κ3) is 2.32. The zero-order valence-electron chi connectivity index (χ0n) is 14.7. The minimum atomic E-state index is -5.60. The van der Waals surface area contributed by atoms with E-state index in [0.717, 1.165) is 17.4 Å². The SMILES string of the molecule is Cc1cc(C2=C(c3cc(C#N)n(C)c3C)C(F)(F)C(F)(F)C2(F)F)c(C)s1. The molecule has 0 bridgehead atoms. The van der Waals surface area contributed by atoms with Crippen LogP contribution in [0.15, 0.2) is 12.1 Å². The second kappa shape index (κ2) is 5.64. The number of rotatable bonds is 2. The summed E-state index contributed by atoms with van der Waals surface area (Å²) in [6, 6.07) is 3.90. The number of nitrogens with zero attached hydrogens (tertiary/aromatic N) is 2. The van der Waals surface area contributed by atoms with Crippen molar-refractivity contribution in [3.63, 3.8) is 0 Å². The Morgan fingerprint density at radius 1 is 0.926 bits per heavy atom. The van der Waals surface area contributed by atoms with Crippen molar-refractivity contribution in [1.29, 1.82) is 5.26 Å². The second-order valence-electron chi connectivity index (χ2n) is 6.50. The number of nitriles is 1. The summed E-state index contributed by atoms with van der Waals surface area (Å²) in [6.07, 6.45) is 0. The third-order valence-corrected chi connectivity index (χ3v) is 5.86. The first-order valence-electron chi connectivity index (χ1n) is 7.81. The Labute approximate surface area is 155 Å². The molecule has 0 atom stereocenters. The summed E-state index contributed by atoms with van der Waals surface area (Å²) in [5.41, 5.74) is -3.67. The molecule has 2 aromatic heterocycles. The Kier molecular flexibility index (Phi) is 4.09. The molecule has 0 fully saturated rings. The fraction of sp³-hybridized carbons (Fsp3) is 0.389. The number of hydrogen-bond donors (Lipinski definition) is 0. The van der Waals surface area contributed by atoms with Gasteiger partial charge in [-0.05, 0) is 38.5 Å². The van der Waals surface area contributed by atoms with Crippen molar-refractivity contribution in [2.45, 2.75) is 38.5 Å². The number of thiophene rings is 1. The number of allylic oxidation sites excluding steroid dienone is 2. The summed E-state index contributed by atoms with van der Waals surface area (Å²) < 4.78 is 88.3. The lowest BCUT2D eigenvalue weighted by atomic mass is 9.95. The van der Waals surface area contributed by atoms with Gasteiger partial charge in [0.2, 0.25) is 0 Å². The van der Waals surface area contributed by atoms with E-state index in [9.17, 15) is 26.3 Å². The van der Waals surface area contributed by atoms with Crippen molar-refractivity contribution in [2.75, 3.05) is 0 Å². The molecule has 2 aromatic rings. The molecule has 144 valence electrons. The van der Waals surface area contributed by atoms with E-state index in [0.29, 0.717) is 4.88 Å². The summed E-state index contributed by atoms with van der Waals surface area (Å²) in [7, 11) is 1.38. The van der Waals surface area contributed by atoms with Crippen molar-refractivity contribution in [1.82, 2.24) is 4.57 Å². The van der Waals surface area contributed by atoms with Crippen LogP contribution < -0.4 is 0 Å². The number of hydrogen-bond acceptors (Lipinski definition) is 2. The van der Waals surface area contributed by atoms with Gasteiger partial charge >= 0.3 is 17.8 Å². The fourth-order valence-electron chi connectivity index (χ4n) is 3.37. The van der Waals surface area contributed by atoms with E-state index in [2.05, 4.69) is 0 Å². The van der Waals surface area contributed by atoms with Crippen LogP contribution in [0, 0.1) is 32.1 Å². The molecule has 0 spiro atoms. The summed E-state index contributed by atoms with van der Waals surface area (Å²) in [6.45, 7) is 4.31. The third-order valence-electron chi connectivity index (χ3n) is 4.90. The largest absolute Gasteiger partial charge is 0.380 e. The highest BCUT2D eigenvalue weighted by Crippen LogP contribution is 2.65. The van der Waals surface area contributed by atoms with Gasteiger partial charge in [0.05, 0.1) is 0 Å². The summed E-state index contributed by atoms with van der Waals surface area (Å²) in [5, 5.41) is 9.10. The lowest BCUT2D eigenvalue weighted by Gasteiger charge is -2.25. The Morgan fingerprint density at radius 3 is 1.85 bits per heavy atom. The molecule has 0 aromatic carbocycles. The monoisotopic (exact) mass is 404 g/mol. The maximum absolute atomic E-state index is 14.7. The fourth-order valence-corrected chi connectivity index (χ4v) is 4.30. The Bertz CT molecular complexity index is 1020. The topological polar surface area (TPSA) is 28.7 Å². The van der Waals surface area contributed by atoms with Crippen LogP contribution in [0.5, 0.6) is 0 Å². The minimum absolute atomic E-state index is 0.0248. The molecule has 2 nitrogen and oxygen atoms in total. The van der Waals surface area contributed by atoms with Gasteiger partial charge in [-0.15, -0.1) is 11.3 Å². The first-order chi connectivity index (χ1) is 12.3.